The summed E-state index contributed by atoms with van der Waals surface area (Å²) < 4.78 is 0. The molecule has 62 valence electrons. The second-order valence-electron chi connectivity index (χ2n) is 1.89. The molecule has 1 heterocycles. The predicted molar refractivity (Wildman–Crippen MR) is 37.1 cm³/mol. The first kappa shape index (κ1) is 7.99. The van der Waals surface area contributed by atoms with Crippen molar-refractivity contribution >= 4 is 6.03 Å². The van der Waals surface area contributed by atoms with Crippen LogP contribution < -0.4 is 0 Å². The van der Waals surface area contributed by atoms with Gasteiger partial charge in [0.25, 0.3) is 0 Å². The van der Waals surface area contributed by atoms with Gasteiger partial charge in [0, 0.05) is 0 Å². The number of amides is 2. The molecular weight excluding hydrogens is 164 g/mol. The maximum atomic E-state index is 11.0. The Hall–Kier alpha value is -2.11. The van der Waals surface area contributed by atoms with Gasteiger partial charge in [-0.2, -0.15) is 14.6 Å². The maximum absolute atomic E-state index is 11.0. The van der Waals surface area contributed by atoms with Crippen molar-refractivity contribution < 1.29 is 4.79 Å². The smallest absolute Gasteiger partial charge is 0.196 e. The van der Waals surface area contributed by atoms with Gasteiger partial charge in [0.05, 0.1) is 0 Å². The lowest BCUT2D eigenvalue weighted by Gasteiger charge is -1.97. The first-order valence-electron chi connectivity index (χ1n) is 2.98. The molecule has 1 aliphatic rings. The van der Waals surface area contributed by atoms with Gasteiger partial charge in [0.1, 0.15) is 13.1 Å². The van der Waals surface area contributed by atoms with E-state index in [1.54, 1.807) is 0 Å². The number of azide groups is 2. The molecule has 9 heteroatoms. The molecule has 0 aromatic rings. The molecule has 0 saturated carbocycles. The van der Waals surface area contributed by atoms with E-state index in [4.69, 9.17) is 11.1 Å². The van der Waals surface area contributed by atoms with Crippen LogP contribution in [0.1, 0.15) is 0 Å². The summed E-state index contributed by atoms with van der Waals surface area (Å²) in [6.45, 7) is 0.476. The van der Waals surface area contributed by atoms with Gasteiger partial charge >= 0.3 is 6.03 Å². The number of rotatable bonds is 2. The van der Waals surface area contributed by atoms with Crippen molar-refractivity contribution in [2.24, 2.45) is 10.4 Å². The van der Waals surface area contributed by atoms with Crippen LogP contribution >= 0.6 is 0 Å². The summed E-state index contributed by atoms with van der Waals surface area (Å²) in [4.78, 5) is 15.9. The van der Waals surface area contributed by atoms with Crippen molar-refractivity contribution in [3.8, 4) is 0 Å². The summed E-state index contributed by atoms with van der Waals surface area (Å²) >= 11 is 0. The Morgan fingerprint density at radius 3 is 1.92 bits per heavy atom. The fourth-order valence-corrected chi connectivity index (χ4v) is 0.777. The van der Waals surface area contributed by atoms with Crippen molar-refractivity contribution in [3.05, 3.63) is 20.9 Å². The van der Waals surface area contributed by atoms with E-state index >= 15 is 0 Å². The van der Waals surface area contributed by atoms with E-state index in [1.165, 1.54) is 0 Å². The number of carbonyl (C=O) groups is 1. The second-order valence-corrected chi connectivity index (χ2v) is 1.89. The van der Waals surface area contributed by atoms with Gasteiger partial charge in [-0.15, -0.1) is 21.1 Å². The topological polar surface area (TPSA) is 121 Å². The molecule has 0 bridgehead atoms. The van der Waals surface area contributed by atoms with E-state index in [2.05, 4.69) is 20.3 Å². The Bertz CT molecular complexity index is 257. The molecule has 12 heavy (non-hydrogen) atoms. The first-order chi connectivity index (χ1) is 5.79. The monoisotopic (exact) mass is 168 g/mol. The van der Waals surface area contributed by atoms with Crippen LogP contribution in [0.5, 0.6) is 0 Å². The van der Waals surface area contributed by atoms with Crippen LogP contribution in [0, 0.1) is 0 Å². The van der Waals surface area contributed by atoms with E-state index < -0.39 is 6.03 Å². The zero-order valence-electron chi connectivity index (χ0n) is 5.90. The van der Waals surface area contributed by atoms with Gasteiger partial charge in [-0.1, -0.05) is 0 Å². The van der Waals surface area contributed by atoms with Crippen molar-refractivity contribution in [1.29, 1.82) is 0 Å². The normalized spacial score (nSPS) is 15.5. The van der Waals surface area contributed by atoms with Crippen molar-refractivity contribution in [2.75, 3.05) is 13.1 Å². The Labute approximate surface area is 66.4 Å². The fraction of sp³-hybridized carbons (Fsp3) is 0.667. The molecule has 0 atom stereocenters. The lowest BCUT2D eigenvalue weighted by Crippen LogP contribution is -2.23. The van der Waals surface area contributed by atoms with E-state index in [0.717, 1.165) is 10.0 Å². The number of hydrogen-bond acceptors (Lipinski definition) is 3. The minimum absolute atomic E-state index is 0.238. The third kappa shape index (κ3) is 1.31. The highest BCUT2D eigenvalue weighted by atomic mass is 16.2. The summed E-state index contributed by atoms with van der Waals surface area (Å²) in [5.41, 5.74) is 16.0. The minimum Gasteiger partial charge on any atom is -0.196 e. The van der Waals surface area contributed by atoms with Gasteiger partial charge in [-0.25, -0.2) is 0 Å². The van der Waals surface area contributed by atoms with Crippen molar-refractivity contribution in [2.45, 2.75) is 0 Å². The first-order valence-corrected chi connectivity index (χ1v) is 2.98. The Morgan fingerprint density at radius 1 is 1.17 bits per heavy atom. The molecule has 1 fully saturated rings. The highest BCUT2D eigenvalue weighted by Gasteiger charge is 2.36. The summed E-state index contributed by atoms with van der Waals surface area (Å²) in [6, 6.07) is -0.606. The van der Waals surface area contributed by atoms with Crippen LogP contribution in [0.15, 0.2) is 10.4 Å². The van der Waals surface area contributed by atoms with Gasteiger partial charge in [-0.05, 0) is 10.4 Å². The number of nitrogens with zero attached hydrogens (tertiary/aromatic N) is 8. The molecule has 1 rings (SSSR count). The van der Waals surface area contributed by atoms with Crippen LogP contribution in [0.3, 0.4) is 0 Å². The number of carbonyl (C=O) groups excluding carboxylic acids is 1. The molecule has 0 aliphatic carbocycles. The number of urea groups is 1. The summed E-state index contributed by atoms with van der Waals surface area (Å²) in [7, 11) is 0. The standard InChI is InChI=1S/C3H4N8O/c4-6-8-10-1-2-11(3(10)12)9-7-5/h1-2H2. The lowest BCUT2D eigenvalue weighted by molar-refractivity contribution is 0.193. The Kier molecular flexibility index (Phi) is 2.22. The average Bonchev–Trinajstić information content (AvgIpc) is 2.38. The van der Waals surface area contributed by atoms with Crippen LogP contribution in [-0.2, 0) is 0 Å². The molecule has 1 aliphatic heterocycles. The quantitative estimate of drug-likeness (QED) is 0.343. The summed E-state index contributed by atoms with van der Waals surface area (Å²) in [5, 5.41) is 7.92. The maximum Gasteiger partial charge on any atom is 0.511 e. The Morgan fingerprint density at radius 2 is 1.58 bits per heavy atom. The summed E-state index contributed by atoms with van der Waals surface area (Å²) in [5.74, 6) is 0. The average molecular weight is 168 g/mol. The number of hydrogen-bond donors (Lipinski definition) is 0. The van der Waals surface area contributed by atoms with E-state index in [-0.39, 0.29) is 13.1 Å². The van der Waals surface area contributed by atoms with Crippen LogP contribution in [0.2, 0.25) is 0 Å². The minimum atomic E-state index is -0.606. The molecule has 0 spiro atoms. The summed E-state index contributed by atoms with van der Waals surface area (Å²) in [6.07, 6.45) is 0. The predicted octanol–water partition coefficient (Wildman–Crippen LogP) is 1.17. The van der Waals surface area contributed by atoms with Gasteiger partial charge in [-0.3, -0.25) is 0 Å². The second kappa shape index (κ2) is 3.33. The van der Waals surface area contributed by atoms with E-state index in [1.807, 2.05) is 0 Å². The molecule has 2 amide bonds. The van der Waals surface area contributed by atoms with Crippen LogP contribution in [0.4, 0.5) is 4.79 Å². The zero-order valence-corrected chi connectivity index (χ0v) is 5.90. The molecule has 0 N–H and O–H groups in total. The van der Waals surface area contributed by atoms with E-state index in [9.17, 15) is 4.79 Å². The zero-order chi connectivity index (χ0) is 8.97. The van der Waals surface area contributed by atoms with Gasteiger partial charge in [0.2, 0.25) is 0 Å². The molecule has 9 nitrogen and oxygen atoms in total. The highest BCUT2D eigenvalue weighted by molar-refractivity contribution is 5.75. The van der Waals surface area contributed by atoms with Gasteiger partial charge in [0.15, 0.2) is 0 Å². The van der Waals surface area contributed by atoms with Crippen LogP contribution in [0.25, 0.3) is 20.9 Å². The SMILES string of the molecule is [N-]=[N+]=NN1CCN(N=[N+]=[N-])C1=O. The highest BCUT2D eigenvalue weighted by Crippen LogP contribution is 2.08. The molecule has 0 radical (unpaired) electrons. The molecule has 0 aromatic heterocycles. The largest absolute Gasteiger partial charge is 0.511 e. The van der Waals surface area contributed by atoms with Crippen molar-refractivity contribution in [3.63, 3.8) is 0 Å². The van der Waals surface area contributed by atoms with Crippen LogP contribution in [-0.4, -0.2) is 29.1 Å². The van der Waals surface area contributed by atoms with E-state index in [0.29, 0.717) is 0 Å². The molecular formula is C3H4N8O. The molecule has 1 saturated heterocycles. The Balaban J connectivity index is 2.73. The molecule has 0 unspecified atom stereocenters. The van der Waals surface area contributed by atoms with Gasteiger partial charge < -0.3 is 0 Å². The third-order valence-corrected chi connectivity index (χ3v) is 1.26. The third-order valence-electron chi connectivity index (χ3n) is 1.26. The van der Waals surface area contributed by atoms with Crippen molar-refractivity contribution in [1.82, 2.24) is 10.0 Å². The molecule has 0 aromatic carbocycles. The lowest BCUT2D eigenvalue weighted by atomic mass is 10.7. The fourth-order valence-electron chi connectivity index (χ4n) is 0.777.